The third kappa shape index (κ3) is 3.42. The van der Waals surface area contributed by atoms with Gasteiger partial charge in [0.2, 0.25) is 0 Å². The summed E-state index contributed by atoms with van der Waals surface area (Å²) in [5.74, 6) is 0. The fourth-order valence-electron chi connectivity index (χ4n) is 1.90. The molecule has 1 radical (unpaired) electrons. The molecular weight excluding hydrogens is 317 g/mol. The average Bonchev–Trinajstić information content (AvgIpc) is 2.59. The van der Waals surface area contributed by atoms with Crippen molar-refractivity contribution < 1.29 is 0 Å². The van der Waals surface area contributed by atoms with Gasteiger partial charge >= 0.3 is 0 Å². The first-order valence-corrected chi connectivity index (χ1v) is 5.75. The van der Waals surface area contributed by atoms with Gasteiger partial charge in [0.15, 0.2) is 11.4 Å². The summed E-state index contributed by atoms with van der Waals surface area (Å²) in [6.45, 7) is 0. The minimum Gasteiger partial charge on any atom is -0.246 e. The van der Waals surface area contributed by atoms with Gasteiger partial charge in [0, 0.05) is 63.1 Å². The van der Waals surface area contributed by atoms with Crippen molar-refractivity contribution >= 4 is 51.4 Å². The van der Waals surface area contributed by atoms with E-state index in [1.807, 2.05) is 18.2 Å². The fraction of sp³-hybridized carbons (Fsp3) is 0. The topological polar surface area (TPSA) is 145 Å². The summed E-state index contributed by atoms with van der Waals surface area (Å²) in [6, 6.07) is 11.8. The predicted octanol–water partition coefficient (Wildman–Crippen LogP) is 1.12. The molecular formula is C15H3KN7. The normalized spacial score (nSPS) is 8.30. The summed E-state index contributed by atoms with van der Waals surface area (Å²) in [5.41, 5.74) is -0.200. The van der Waals surface area contributed by atoms with Gasteiger partial charge in [0.25, 0.3) is 0 Å². The summed E-state index contributed by atoms with van der Waals surface area (Å²) < 4.78 is 0. The smallest absolute Gasteiger partial charge is 0.160 e. The molecule has 0 saturated heterocycles. The molecule has 23 heavy (non-hydrogen) atoms. The largest absolute Gasteiger partial charge is 0.246 e. The van der Waals surface area contributed by atoms with Crippen LogP contribution in [0.3, 0.4) is 0 Å². The number of hydrogen-bond donors (Lipinski definition) is 0. The van der Waals surface area contributed by atoms with Gasteiger partial charge in [-0.25, -0.2) is 9.97 Å². The Labute approximate surface area is 174 Å². The maximum Gasteiger partial charge on any atom is 0.160 e. The molecule has 0 aromatic carbocycles. The zero-order valence-electron chi connectivity index (χ0n) is 11.9. The molecule has 0 aliphatic carbocycles. The fourth-order valence-corrected chi connectivity index (χ4v) is 1.90. The average molecular weight is 320 g/mol. The molecule has 0 bridgehead atoms. The summed E-state index contributed by atoms with van der Waals surface area (Å²) in [4.78, 5) is 7.54. The van der Waals surface area contributed by atoms with Crippen LogP contribution in [0.2, 0.25) is 0 Å². The van der Waals surface area contributed by atoms with Crippen LogP contribution in [0.4, 0.5) is 0 Å². The van der Waals surface area contributed by atoms with Gasteiger partial charge in [-0.05, 0) is 17.7 Å². The molecule has 2 heterocycles. The van der Waals surface area contributed by atoms with E-state index in [1.54, 1.807) is 12.1 Å². The molecule has 0 atom stereocenters. The van der Waals surface area contributed by atoms with Gasteiger partial charge in [-0.3, -0.25) is 0 Å². The molecule has 2 rings (SSSR count). The third-order valence-electron chi connectivity index (χ3n) is 2.80. The first kappa shape index (κ1) is 18.4. The zero-order chi connectivity index (χ0) is 16.1. The summed E-state index contributed by atoms with van der Waals surface area (Å²) in [7, 11) is 0. The van der Waals surface area contributed by atoms with Crippen molar-refractivity contribution in [2.75, 3.05) is 0 Å². The second-order valence-electron chi connectivity index (χ2n) is 3.92. The van der Waals surface area contributed by atoms with Gasteiger partial charge in [0.05, 0.1) is 11.1 Å². The van der Waals surface area contributed by atoms with Crippen LogP contribution in [0, 0.1) is 56.7 Å². The first-order valence-electron chi connectivity index (χ1n) is 5.75. The molecule has 8 heteroatoms. The van der Waals surface area contributed by atoms with Gasteiger partial charge < -0.3 is 0 Å². The SMILES string of the molecule is N#Cc1cc(-c2c(C#N)c(C#N)nc(C#N)c2C#N)ccn1.[K]. The van der Waals surface area contributed by atoms with Crippen molar-refractivity contribution in [2.24, 2.45) is 0 Å². The van der Waals surface area contributed by atoms with Gasteiger partial charge in [-0.1, -0.05) is 0 Å². The number of nitrogens with zero attached hydrogens (tertiary/aromatic N) is 7. The molecule has 7 nitrogen and oxygen atoms in total. The molecule has 0 N–H and O–H groups in total. The van der Waals surface area contributed by atoms with Crippen LogP contribution >= 0.6 is 0 Å². The van der Waals surface area contributed by atoms with E-state index in [1.165, 1.54) is 18.3 Å². The summed E-state index contributed by atoms with van der Waals surface area (Å²) in [5, 5.41) is 45.6. The van der Waals surface area contributed by atoms with Crippen LogP contribution in [0.25, 0.3) is 11.1 Å². The van der Waals surface area contributed by atoms with Crippen LogP contribution < -0.4 is 0 Å². The quantitative estimate of drug-likeness (QED) is 0.715. The molecule has 0 spiro atoms. The van der Waals surface area contributed by atoms with E-state index in [0.717, 1.165) is 0 Å². The molecule has 0 amide bonds. The van der Waals surface area contributed by atoms with E-state index in [2.05, 4.69) is 9.97 Å². The number of rotatable bonds is 1. The van der Waals surface area contributed by atoms with Crippen LogP contribution in [0.5, 0.6) is 0 Å². The van der Waals surface area contributed by atoms with E-state index in [4.69, 9.17) is 15.8 Å². The first-order chi connectivity index (χ1) is 10.7. The van der Waals surface area contributed by atoms with E-state index in [-0.39, 0.29) is 85.2 Å². The molecule has 0 fully saturated rings. The molecule has 2 aromatic rings. The van der Waals surface area contributed by atoms with Crippen LogP contribution in [-0.2, 0) is 0 Å². The van der Waals surface area contributed by atoms with Gasteiger partial charge in [-0.2, -0.15) is 26.3 Å². The Morgan fingerprint density at radius 3 is 1.78 bits per heavy atom. The second-order valence-corrected chi connectivity index (χ2v) is 3.92. The Bertz CT molecular complexity index is 941. The Balaban J connectivity index is 0.00000264. The van der Waals surface area contributed by atoms with Crippen LogP contribution in [0.1, 0.15) is 28.2 Å². The predicted molar refractivity (Wildman–Crippen MR) is 76.8 cm³/mol. The minimum absolute atomic E-state index is 0. The monoisotopic (exact) mass is 320 g/mol. The Kier molecular flexibility index (Phi) is 6.52. The maximum atomic E-state index is 9.29. The van der Waals surface area contributed by atoms with Gasteiger partial charge in [0.1, 0.15) is 36.0 Å². The molecule has 99 valence electrons. The Morgan fingerprint density at radius 2 is 1.35 bits per heavy atom. The number of aromatic nitrogens is 2. The van der Waals surface area contributed by atoms with Crippen molar-refractivity contribution in [1.29, 1.82) is 26.3 Å². The summed E-state index contributed by atoms with van der Waals surface area (Å²) >= 11 is 0. The number of hydrogen-bond acceptors (Lipinski definition) is 7. The third-order valence-corrected chi connectivity index (χ3v) is 2.80. The van der Waals surface area contributed by atoms with E-state index in [0.29, 0.717) is 5.56 Å². The number of pyridine rings is 2. The van der Waals surface area contributed by atoms with Crippen LogP contribution in [0.15, 0.2) is 18.3 Å². The van der Waals surface area contributed by atoms with Crippen molar-refractivity contribution in [3.8, 4) is 41.5 Å². The van der Waals surface area contributed by atoms with Gasteiger partial charge in [-0.15, -0.1) is 0 Å². The molecule has 0 aliphatic rings. The van der Waals surface area contributed by atoms with Crippen molar-refractivity contribution in [3.63, 3.8) is 0 Å². The maximum absolute atomic E-state index is 9.29. The molecule has 2 aromatic heterocycles. The van der Waals surface area contributed by atoms with Crippen LogP contribution in [-0.4, -0.2) is 61.4 Å². The minimum atomic E-state index is -0.247. The van der Waals surface area contributed by atoms with E-state index >= 15 is 0 Å². The Morgan fingerprint density at radius 1 is 0.783 bits per heavy atom. The van der Waals surface area contributed by atoms with Crippen molar-refractivity contribution in [3.05, 3.63) is 46.5 Å². The Hall–Kier alpha value is -2.61. The molecule has 0 unspecified atom stereocenters. The van der Waals surface area contributed by atoms with E-state index < -0.39 is 0 Å². The number of nitriles is 5. The zero-order valence-corrected chi connectivity index (χ0v) is 15.0. The molecule has 0 saturated carbocycles. The summed E-state index contributed by atoms with van der Waals surface area (Å²) in [6.07, 6.45) is 1.34. The van der Waals surface area contributed by atoms with Crippen molar-refractivity contribution in [2.45, 2.75) is 0 Å². The molecule has 0 aliphatic heterocycles. The van der Waals surface area contributed by atoms with Crippen molar-refractivity contribution in [1.82, 2.24) is 9.97 Å². The standard InChI is InChI=1S/C15H3N7.K/c16-4-10-3-9(1-2-21-10)15-11(5-17)13(7-19)22-14(8-20)12(15)6-18;/h1-3H;. The second kappa shape index (κ2) is 8.13. The van der Waals surface area contributed by atoms with E-state index in [9.17, 15) is 10.5 Å².